The van der Waals surface area contributed by atoms with Crippen molar-refractivity contribution in [3.63, 3.8) is 0 Å². The molecule has 0 spiro atoms. The van der Waals surface area contributed by atoms with Gasteiger partial charge in [0.05, 0.1) is 0 Å². The van der Waals surface area contributed by atoms with Crippen LogP contribution in [-0.2, 0) is 19.4 Å². The molecule has 0 bridgehead atoms. The van der Waals surface area contributed by atoms with Crippen molar-refractivity contribution in [2.75, 3.05) is 0 Å². The Kier molecular flexibility index (Phi) is 3.10. The van der Waals surface area contributed by atoms with Gasteiger partial charge in [-0.15, -0.1) is 0 Å². The number of fused-ring (bicyclic) bond motifs is 1. The van der Waals surface area contributed by atoms with Gasteiger partial charge in [0, 0.05) is 17.7 Å². The number of nitrogens with one attached hydrogen (secondary N) is 1. The average Bonchev–Trinajstić information content (AvgIpc) is 2.90. The Morgan fingerprint density at radius 3 is 2.75 bits per heavy atom. The Balaban J connectivity index is 1.88. The maximum Gasteiger partial charge on any atom is 0.265 e. The van der Waals surface area contributed by atoms with Crippen LogP contribution in [0.25, 0.3) is 0 Å². The van der Waals surface area contributed by atoms with Crippen LogP contribution in [0.2, 0.25) is 0 Å². The molecule has 1 aromatic heterocycles. The van der Waals surface area contributed by atoms with E-state index in [0.29, 0.717) is 5.56 Å². The Morgan fingerprint density at radius 1 is 1.10 bits per heavy atom. The molecule has 5 heteroatoms. The fourth-order valence-electron chi connectivity index (χ4n) is 2.56. The first kappa shape index (κ1) is 12.6. The van der Waals surface area contributed by atoms with Crippen LogP contribution < -0.4 is 11.1 Å². The summed E-state index contributed by atoms with van der Waals surface area (Å²) < 4.78 is 1.04. The lowest BCUT2D eigenvalue weighted by Crippen LogP contribution is -2.30. The topological polar surface area (TPSA) is 71.9 Å². The van der Waals surface area contributed by atoms with Gasteiger partial charge in [0.15, 0.2) is 5.78 Å². The molecule has 0 saturated heterocycles. The van der Waals surface area contributed by atoms with Gasteiger partial charge in [-0.3, -0.25) is 19.5 Å². The summed E-state index contributed by atoms with van der Waals surface area (Å²) in [5.41, 5.74) is 2.31. The number of carbonyl (C=O) groups excluding carboxylic acids is 1. The fourth-order valence-corrected chi connectivity index (χ4v) is 2.56. The van der Waals surface area contributed by atoms with Crippen LogP contribution in [0.5, 0.6) is 0 Å². The van der Waals surface area contributed by atoms with Gasteiger partial charge in [-0.1, -0.05) is 12.1 Å². The molecule has 0 amide bonds. The molecule has 0 fully saturated rings. The number of aromatic nitrogens is 2. The molecule has 1 N–H and O–H groups in total. The Labute approximate surface area is 114 Å². The number of hydrogen-bond donors (Lipinski definition) is 1. The van der Waals surface area contributed by atoms with E-state index in [-0.39, 0.29) is 17.9 Å². The van der Waals surface area contributed by atoms with E-state index in [0.717, 1.165) is 36.1 Å². The number of Topliss-reactive ketones (excluding diaryl/α,β-unsaturated/α-hetero) is 1. The molecule has 20 heavy (non-hydrogen) atoms. The van der Waals surface area contributed by atoms with Gasteiger partial charge in [-0.25, -0.2) is 4.68 Å². The van der Waals surface area contributed by atoms with Gasteiger partial charge < -0.3 is 0 Å². The number of ketones is 1. The highest BCUT2D eigenvalue weighted by molar-refractivity contribution is 5.96. The largest absolute Gasteiger partial charge is 0.292 e. The zero-order valence-electron chi connectivity index (χ0n) is 10.9. The van der Waals surface area contributed by atoms with Crippen LogP contribution >= 0.6 is 0 Å². The van der Waals surface area contributed by atoms with E-state index in [9.17, 15) is 14.4 Å². The lowest BCUT2D eigenvalue weighted by Gasteiger charge is -2.06. The van der Waals surface area contributed by atoms with E-state index in [2.05, 4.69) is 5.10 Å². The first-order chi connectivity index (χ1) is 9.63. The second kappa shape index (κ2) is 4.92. The van der Waals surface area contributed by atoms with Crippen LogP contribution in [0.1, 0.15) is 27.9 Å². The predicted molar refractivity (Wildman–Crippen MR) is 74.1 cm³/mol. The Morgan fingerprint density at radius 2 is 1.90 bits per heavy atom. The maximum absolute atomic E-state index is 12.2. The summed E-state index contributed by atoms with van der Waals surface area (Å²) in [6, 6.07) is 7.98. The van der Waals surface area contributed by atoms with E-state index in [1.807, 2.05) is 12.1 Å². The summed E-state index contributed by atoms with van der Waals surface area (Å²) in [5, 5.41) is 2.36. The molecule has 0 radical (unpaired) electrons. The van der Waals surface area contributed by atoms with Gasteiger partial charge in [-0.2, -0.15) is 0 Å². The van der Waals surface area contributed by atoms with Gasteiger partial charge >= 0.3 is 0 Å². The van der Waals surface area contributed by atoms with Crippen molar-refractivity contribution in [1.29, 1.82) is 0 Å². The van der Waals surface area contributed by atoms with Gasteiger partial charge in [0.1, 0.15) is 6.54 Å². The number of aryl methyl sites for hydroxylation is 2. The summed E-state index contributed by atoms with van der Waals surface area (Å²) in [7, 11) is 0. The third-order valence-electron chi connectivity index (χ3n) is 3.61. The fraction of sp³-hybridized carbons (Fsp3) is 0.267. The van der Waals surface area contributed by atoms with Crippen molar-refractivity contribution in [2.24, 2.45) is 0 Å². The average molecular weight is 270 g/mol. The van der Waals surface area contributed by atoms with E-state index in [1.54, 1.807) is 6.07 Å². The van der Waals surface area contributed by atoms with Crippen molar-refractivity contribution in [3.05, 3.63) is 67.7 Å². The van der Waals surface area contributed by atoms with Gasteiger partial charge in [-0.05, 0) is 36.5 Å². The van der Waals surface area contributed by atoms with E-state index < -0.39 is 5.56 Å². The molecule has 1 aromatic carbocycles. The monoisotopic (exact) mass is 270 g/mol. The number of aromatic amines is 1. The van der Waals surface area contributed by atoms with E-state index >= 15 is 0 Å². The summed E-state index contributed by atoms with van der Waals surface area (Å²) in [4.78, 5) is 34.9. The van der Waals surface area contributed by atoms with E-state index in [1.165, 1.54) is 11.1 Å². The second-order valence-corrected chi connectivity index (χ2v) is 4.99. The molecule has 5 nitrogen and oxygen atoms in total. The zero-order chi connectivity index (χ0) is 14.1. The zero-order valence-corrected chi connectivity index (χ0v) is 10.9. The first-order valence-corrected chi connectivity index (χ1v) is 6.59. The number of nitrogens with zero attached hydrogens (tertiary/aromatic N) is 1. The Bertz CT molecular complexity index is 786. The molecule has 1 heterocycles. The smallest absolute Gasteiger partial charge is 0.265 e. The van der Waals surface area contributed by atoms with Crippen molar-refractivity contribution >= 4 is 5.78 Å². The minimum atomic E-state index is -0.397. The van der Waals surface area contributed by atoms with E-state index in [4.69, 9.17) is 0 Å². The normalized spacial score (nSPS) is 13.2. The molecule has 0 atom stereocenters. The van der Waals surface area contributed by atoms with Crippen LogP contribution in [0.4, 0.5) is 0 Å². The minimum Gasteiger partial charge on any atom is -0.292 e. The number of rotatable bonds is 3. The molecule has 3 rings (SSSR count). The van der Waals surface area contributed by atoms with Crippen molar-refractivity contribution in [1.82, 2.24) is 9.78 Å². The first-order valence-electron chi connectivity index (χ1n) is 6.59. The standard InChI is InChI=1S/C15H14N2O3/c18-13(9-17-15(20)7-6-14(19)16-17)12-5-4-10-2-1-3-11(10)8-12/h4-8H,1-3,9H2,(H,16,19). The van der Waals surface area contributed by atoms with Gasteiger partial charge in [0.2, 0.25) is 0 Å². The molecular formula is C15H14N2O3. The molecule has 0 unspecified atom stereocenters. The highest BCUT2D eigenvalue weighted by Crippen LogP contribution is 2.23. The summed E-state index contributed by atoms with van der Waals surface area (Å²) in [5.74, 6) is -0.177. The summed E-state index contributed by atoms with van der Waals surface area (Å²) in [6.45, 7) is -0.145. The minimum absolute atomic E-state index is 0.145. The lowest BCUT2D eigenvalue weighted by molar-refractivity contribution is 0.0965. The number of hydrogen-bond acceptors (Lipinski definition) is 3. The summed E-state index contributed by atoms with van der Waals surface area (Å²) >= 11 is 0. The van der Waals surface area contributed by atoms with Crippen molar-refractivity contribution in [3.8, 4) is 0 Å². The Hall–Kier alpha value is -2.43. The molecule has 0 aliphatic heterocycles. The van der Waals surface area contributed by atoms with Crippen LogP contribution in [0, 0.1) is 0 Å². The van der Waals surface area contributed by atoms with Crippen LogP contribution in [0.3, 0.4) is 0 Å². The third kappa shape index (κ3) is 2.34. The molecule has 2 aromatic rings. The quantitative estimate of drug-likeness (QED) is 0.843. The highest BCUT2D eigenvalue weighted by Gasteiger charge is 2.14. The molecule has 102 valence electrons. The molecule has 0 saturated carbocycles. The van der Waals surface area contributed by atoms with Crippen LogP contribution in [-0.4, -0.2) is 15.6 Å². The van der Waals surface area contributed by atoms with Crippen molar-refractivity contribution < 1.29 is 4.79 Å². The molecule has 1 aliphatic rings. The third-order valence-corrected chi connectivity index (χ3v) is 3.61. The highest BCUT2D eigenvalue weighted by atomic mass is 16.2. The predicted octanol–water partition coefficient (Wildman–Crippen LogP) is 0.908. The van der Waals surface area contributed by atoms with Gasteiger partial charge in [0.25, 0.3) is 11.1 Å². The number of carbonyl (C=O) groups is 1. The summed E-state index contributed by atoms with van der Waals surface area (Å²) in [6.07, 6.45) is 3.19. The maximum atomic E-state index is 12.2. The number of benzene rings is 1. The SMILES string of the molecule is O=C(Cn1[nH]c(=O)ccc1=O)c1ccc2c(c1)CCC2. The molecular weight excluding hydrogens is 256 g/mol. The lowest BCUT2D eigenvalue weighted by atomic mass is 10.0. The van der Waals surface area contributed by atoms with Crippen LogP contribution in [0.15, 0.2) is 39.9 Å². The molecule has 1 aliphatic carbocycles. The number of H-pyrrole nitrogens is 1. The second-order valence-electron chi connectivity index (χ2n) is 4.99. The van der Waals surface area contributed by atoms with Crippen molar-refractivity contribution in [2.45, 2.75) is 25.8 Å².